The number of morpholine rings is 1. The number of hydrogen-bond acceptors (Lipinski definition) is 9. The molecule has 4 amide bonds. The van der Waals surface area contributed by atoms with Gasteiger partial charge in [-0.15, -0.1) is 0 Å². The van der Waals surface area contributed by atoms with E-state index in [4.69, 9.17) is 15.2 Å². The molecule has 13 heteroatoms. The number of aliphatic hydroxyl groups is 1. The smallest absolute Gasteiger partial charge is 0.324 e. The van der Waals surface area contributed by atoms with Crippen molar-refractivity contribution in [3.63, 3.8) is 0 Å². The maximum absolute atomic E-state index is 15.3. The third-order valence-electron chi connectivity index (χ3n) is 11.1. The lowest BCUT2D eigenvalue weighted by molar-refractivity contribution is -0.178. The molecule has 1 spiro atoms. The van der Waals surface area contributed by atoms with Crippen LogP contribution < -0.4 is 26.4 Å². The molecular formula is C46H42N6O7. The summed E-state index contributed by atoms with van der Waals surface area (Å²) in [4.78, 5) is 63.2. The van der Waals surface area contributed by atoms with Gasteiger partial charge in [0, 0.05) is 36.1 Å². The number of amides is 4. The molecule has 0 bridgehead atoms. The van der Waals surface area contributed by atoms with Gasteiger partial charge in [0.2, 0.25) is 11.8 Å². The lowest BCUT2D eigenvalue weighted by Crippen LogP contribution is -2.55. The van der Waals surface area contributed by atoms with Crippen LogP contribution in [-0.4, -0.2) is 71.2 Å². The van der Waals surface area contributed by atoms with Gasteiger partial charge in [-0.2, -0.15) is 0 Å². The number of pyridine rings is 1. The summed E-state index contributed by atoms with van der Waals surface area (Å²) >= 11 is 0. The maximum atomic E-state index is 15.3. The lowest BCUT2D eigenvalue weighted by atomic mass is 9.65. The van der Waals surface area contributed by atoms with Gasteiger partial charge in [-0.05, 0) is 64.7 Å². The number of cyclic esters (lactones) is 1. The zero-order valence-corrected chi connectivity index (χ0v) is 31.9. The first-order valence-corrected chi connectivity index (χ1v) is 19.4. The second kappa shape index (κ2) is 16.8. The number of aliphatic hydroxyl groups excluding tert-OH is 1. The van der Waals surface area contributed by atoms with Crippen molar-refractivity contribution in [2.75, 3.05) is 31.6 Å². The minimum Gasteiger partial charge on any atom is -0.491 e. The van der Waals surface area contributed by atoms with E-state index >= 15 is 9.59 Å². The Labute approximate surface area is 340 Å². The molecule has 4 heterocycles. The number of nitrogens with one attached hydrogen (secondary N) is 3. The Morgan fingerprint density at radius 1 is 0.881 bits per heavy atom. The molecule has 13 nitrogen and oxygen atoms in total. The van der Waals surface area contributed by atoms with Gasteiger partial charge >= 0.3 is 12.0 Å². The van der Waals surface area contributed by atoms with Gasteiger partial charge in [0.1, 0.15) is 29.9 Å². The van der Waals surface area contributed by atoms with Crippen LogP contribution in [0.5, 0.6) is 5.75 Å². The summed E-state index contributed by atoms with van der Waals surface area (Å²) in [7, 11) is 0. The predicted octanol–water partition coefficient (Wildman–Crippen LogP) is 4.10. The van der Waals surface area contributed by atoms with Crippen LogP contribution in [0.4, 0.5) is 10.5 Å². The van der Waals surface area contributed by atoms with Crippen molar-refractivity contribution in [1.82, 2.24) is 20.5 Å². The molecule has 6 N–H and O–H groups in total. The van der Waals surface area contributed by atoms with Crippen LogP contribution in [0, 0.1) is 17.8 Å². The Hall–Kier alpha value is -7.01. The number of ether oxygens (including phenoxy) is 2. The van der Waals surface area contributed by atoms with Crippen LogP contribution in [0.15, 0.2) is 128 Å². The molecule has 0 radical (unpaired) electrons. The van der Waals surface area contributed by atoms with Gasteiger partial charge in [-0.3, -0.25) is 24.3 Å². The number of carbonyl (C=O) groups is 4. The Morgan fingerprint density at radius 3 is 2.31 bits per heavy atom. The zero-order chi connectivity index (χ0) is 40.9. The molecule has 6 unspecified atom stereocenters. The minimum absolute atomic E-state index is 0.00923. The number of hydrogen-bond donors (Lipinski definition) is 5. The summed E-state index contributed by atoms with van der Waals surface area (Å²) < 4.78 is 12.2. The molecule has 5 aromatic rings. The molecule has 2 saturated heterocycles. The second-order valence-corrected chi connectivity index (χ2v) is 14.5. The van der Waals surface area contributed by atoms with Crippen molar-refractivity contribution >= 4 is 29.5 Å². The average Bonchev–Trinajstić information content (AvgIpc) is 3.74. The number of urea groups is 1. The number of esters is 1. The van der Waals surface area contributed by atoms with Crippen LogP contribution in [0.1, 0.15) is 51.7 Å². The van der Waals surface area contributed by atoms with Gasteiger partial charge in [0.05, 0.1) is 31.2 Å². The SMILES string of the molecule is NC(=O)NCC#Cc1ccc2c(c1)C1(C(=O)N2)C(C(=O)NCCc2ccccn2)C2C(=O)OC(c3ccccc3)C(c3ccccc3)N2C1c1ccc(OCCO)cc1. The van der Waals surface area contributed by atoms with E-state index in [1.165, 1.54) is 0 Å². The van der Waals surface area contributed by atoms with Crippen molar-refractivity contribution in [1.29, 1.82) is 0 Å². The van der Waals surface area contributed by atoms with Crippen LogP contribution in [0.3, 0.4) is 0 Å². The molecule has 1 aromatic heterocycles. The first-order chi connectivity index (χ1) is 28.8. The first kappa shape index (κ1) is 38.8. The van der Waals surface area contributed by atoms with E-state index in [0.29, 0.717) is 34.5 Å². The van der Waals surface area contributed by atoms with E-state index in [2.05, 4.69) is 32.8 Å². The maximum Gasteiger partial charge on any atom is 0.324 e. The van der Waals surface area contributed by atoms with Crippen LogP contribution in [-0.2, 0) is 31.0 Å². The Balaban J connectivity index is 1.36. The molecule has 3 aliphatic heterocycles. The summed E-state index contributed by atoms with van der Waals surface area (Å²) in [5, 5.41) is 18.1. The fourth-order valence-electron chi connectivity index (χ4n) is 8.83. The highest BCUT2D eigenvalue weighted by Gasteiger charge is 2.74. The number of carbonyl (C=O) groups excluding carboxylic acids is 4. The third-order valence-corrected chi connectivity index (χ3v) is 11.1. The molecule has 0 aliphatic carbocycles. The highest BCUT2D eigenvalue weighted by molar-refractivity contribution is 6.12. The fourth-order valence-corrected chi connectivity index (χ4v) is 8.83. The first-order valence-electron chi connectivity index (χ1n) is 19.4. The van der Waals surface area contributed by atoms with Gasteiger partial charge in [0.25, 0.3) is 0 Å². The van der Waals surface area contributed by atoms with E-state index in [-0.39, 0.29) is 26.3 Å². The zero-order valence-electron chi connectivity index (χ0n) is 31.9. The number of nitrogens with two attached hydrogens (primary N) is 1. The highest BCUT2D eigenvalue weighted by atomic mass is 16.6. The molecule has 59 heavy (non-hydrogen) atoms. The third kappa shape index (κ3) is 7.36. The number of anilines is 1. The molecule has 8 rings (SSSR count). The van der Waals surface area contributed by atoms with Gasteiger partial charge in [-0.25, -0.2) is 4.79 Å². The fraction of sp³-hybridized carbons (Fsp3) is 0.239. The Kier molecular flexibility index (Phi) is 11.1. The summed E-state index contributed by atoms with van der Waals surface area (Å²) in [6, 6.07) is 33.5. The standard InChI is InChI=1S/C46H42N6O7/c47-45(57)50-24-9-10-29-16-21-36-35(28-29)46(44(56)51-36)37(42(54)49-25-22-33-15-7-8-23-48-33)39-43(55)59-40(31-13-5-2-6-14-31)38(30-11-3-1-4-12-30)52(39)41(46)32-17-19-34(20-18-32)58-27-26-53/h1-8,11-21,23,28,37-41,53H,22,24-27H2,(H,49,54)(H,51,56)(H3,47,50,57). The molecule has 3 aliphatic rings. The normalized spacial score (nSPS) is 22.9. The summed E-state index contributed by atoms with van der Waals surface area (Å²) in [6.07, 6.45) is 1.27. The van der Waals surface area contributed by atoms with E-state index in [1.807, 2.05) is 95.9 Å². The molecule has 4 aromatic carbocycles. The molecular weight excluding hydrogens is 749 g/mol. The molecule has 2 fully saturated rings. The predicted molar refractivity (Wildman–Crippen MR) is 218 cm³/mol. The van der Waals surface area contributed by atoms with E-state index < -0.39 is 59.4 Å². The van der Waals surface area contributed by atoms with Gasteiger partial charge < -0.3 is 36.3 Å². The number of fused-ring (bicyclic) bond motifs is 3. The minimum atomic E-state index is -1.72. The number of benzene rings is 4. The quantitative estimate of drug-likeness (QED) is 0.0971. The van der Waals surface area contributed by atoms with Crippen molar-refractivity contribution in [3.05, 3.63) is 161 Å². The van der Waals surface area contributed by atoms with Crippen molar-refractivity contribution in [2.24, 2.45) is 11.7 Å². The number of nitrogens with zero attached hydrogens (tertiary/aromatic N) is 2. The number of rotatable bonds is 11. The summed E-state index contributed by atoms with van der Waals surface area (Å²) in [6.45, 7) is 0.0809. The van der Waals surface area contributed by atoms with Gasteiger partial charge in [0.15, 0.2) is 0 Å². The van der Waals surface area contributed by atoms with Crippen LogP contribution in [0.25, 0.3) is 0 Å². The topological polar surface area (TPSA) is 185 Å². The van der Waals surface area contributed by atoms with Crippen LogP contribution in [0.2, 0.25) is 0 Å². The lowest BCUT2D eigenvalue weighted by Gasteiger charge is -2.46. The number of aromatic nitrogens is 1. The van der Waals surface area contributed by atoms with Crippen molar-refractivity contribution in [2.45, 2.75) is 36.1 Å². The van der Waals surface area contributed by atoms with E-state index in [1.54, 1.807) is 36.5 Å². The average molecular weight is 791 g/mol. The van der Waals surface area contributed by atoms with Gasteiger partial charge in [-0.1, -0.05) is 90.7 Å². The molecule has 298 valence electrons. The number of primary amides is 1. The van der Waals surface area contributed by atoms with Crippen molar-refractivity contribution < 1.29 is 33.8 Å². The monoisotopic (exact) mass is 790 g/mol. The Bertz CT molecular complexity index is 2410. The molecule has 0 saturated carbocycles. The van der Waals surface area contributed by atoms with Crippen molar-refractivity contribution in [3.8, 4) is 17.6 Å². The summed E-state index contributed by atoms with van der Waals surface area (Å²) in [5.41, 5.74) is 7.98. The second-order valence-electron chi connectivity index (χ2n) is 14.5. The summed E-state index contributed by atoms with van der Waals surface area (Å²) in [5.74, 6) is 3.53. The van der Waals surface area contributed by atoms with Crippen LogP contribution >= 0.6 is 0 Å². The molecule has 6 atom stereocenters. The van der Waals surface area contributed by atoms with E-state index in [9.17, 15) is 14.7 Å². The highest BCUT2D eigenvalue weighted by Crippen LogP contribution is 2.64. The Morgan fingerprint density at radius 2 is 1.61 bits per heavy atom. The largest absolute Gasteiger partial charge is 0.491 e. The van der Waals surface area contributed by atoms with E-state index in [0.717, 1.165) is 16.8 Å².